The zero-order chi connectivity index (χ0) is 15.8. The molecule has 1 saturated heterocycles. The largest absolute Gasteiger partial charge is 0.456 e. The number of nitrogens with zero attached hydrogens (tertiary/aromatic N) is 1. The van der Waals surface area contributed by atoms with Crippen LogP contribution in [-0.2, 0) is 14.3 Å². The third-order valence-electron chi connectivity index (χ3n) is 2.93. The van der Waals surface area contributed by atoms with E-state index in [2.05, 4.69) is 0 Å². The predicted molar refractivity (Wildman–Crippen MR) is 72.3 cm³/mol. The highest BCUT2D eigenvalue weighted by Gasteiger charge is 2.58. The molecular weight excluding hydrogens is 327 g/mol. The number of hydrogen-bond donors (Lipinski definition) is 2. The lowest BCUT2D eigenvalue weighted by atomic mass is 10.1. The fraction of sp³-hybridized carbons (Fsp3) is 0.545. The van der Waals surface area contributed by atoms with Gasteiger partial charge in [0.15, 0.2) is 12.3 Å². The number of carbonyl (C=O) groups is 1. The molecule has 0 aliphatic carbocycles. The molecule has 2 rings (SSSR count). The van der Waals surface area contributed by atoms with Crippen LogP contribution in [0.4, 0.5) is 0 Å². The summed E-state index contributed by atoms with van der Waals surface area (Å²) in [6, 6.07) is 1.09. The Morgan fingerprint density at radius 3 is 2.76 bits per heavy atom. The molecule has 21 heavy (non-hydrogen) atoms. The summed E-state index contributed by atoms with van der Waals surface area (Å²) in [5.74, 6) is -0.665. The normalized spacial score (nSPS) is 27.5. The lowest BCUT2D eigenvalue weighted by Crippen LogP contribution is -2.43. The highest BCUT2D eigenvalue weighted by Crippen LogP contribution is 2.47. The van der Waals surface area contributed by atoms with Crippen LogP contribution in [0.15, 0.2) is 21.9 Å². The van der Waals surface area contributed by atoms with Crippen LogP contribution >= 0.6 is 23.2 Å². The van der Waals surface area contributed by atoms with E-state index in [4.69, 9.17) is 32.7 Å². The minimum absolute atomic E-state index is 0.520. The first kappa shape index (κ1) is 16.0. The van der Waals surface area contributed by atoms with E-state index in [1.807, 2.05) is 4.98 Å². The van der Waals surface area contributed by atoms with E-state index in [9.17, 15) is 19.5 Å². The first-order valence-electron chi connectivity index (χ1n) is 5.90. The van der Waals surface area contributed by atoms with Gasteiger partial charge in [0, 0.05) is 19.2 Å². The number of aromatic nitrogens is 2. The molecule has 0 saturated carbocycles. The molecule has 1 fully saturated rings. The monoisotopic (exact) mass is 338 g/mol. The molecule has 2 heterocycles. The molecule has 1 aliphatic rings. The fourth-order valence-corrected chi connectivity index (χ4v) is 2.73. The summed E-state index contributed by atoms with van der Waals surface area (Å²) in [7, 11) is 0. The van der Waals surface area contributed by atoms with Crippen molar-refractivity contribution in [2.24, 2.45) is 0 Å². The number of esters is 1. The number of aliphatic hydroxyl groups is 1. The van der Waals surface area contributed by atoms with Crippen LogP contribution in [0.25, 0.3) is 0 Å². The fourth-order valence-electron chi connectivity index (χ4n) is 2.05. The smallest absolute Gasteiger partial charge is 0.330 e. The molecule has 0 amide bonds. The third-order valence-corrected chi connectivity index (χ3v) is 3.73. The topological polar surface area (TPSA) is 111 Å². The first-order valence-corrected chi connectivity index (χ1v) is 6.65. The number of aliphatic hydroxyl groups excluding tert-OH is 1. The summed E-state index contributed by atoms with van der Waals surface area (Å²) in [6.07, 6.45) is -2.28. The van der Waals surface area contributed by atoms with Gasteiger partial charge in [-0.25, -0.2) is 4.79 Å². The predicted octanol–water partition coefficient (Wildman–Crippen LogP) is -0.468. The summed E-state index contributed by atoms with van der Waals surface area (Å²) in [5, 5.41) is 9.28. The van der Waals surface area contributed by atoms with Crippen LogP contribution in [0.2, 0.25) is 0 Å². The molecule has 0 spiro atoms. The summed E-state index contributed by atoms with van der Waals surface area (Å²) in [6.45, 7) is 0.630. The van der Waals surface area contributed by atoms with Gasteiger partial charge < -0.3 is 14.6 Å². The molecule has 1 aromatic rings. The molecule has 8 nitrogen and oxygen atoms in total. The number of hydrogen-bond acceptors (Lipinski definition) is 6. The average molecular weight is 339 g/mol. The highest BCUT2D eigenvalue weighted by atomic mass is 35.5. The Bertz CT molecular complexity index is 655. The van der Waals surface area contributed by atoms with Gasteiger partial charge in [-0.15, -0.1) is 0 Å². The molecule has 10 heteroatoms. The molecule has 0 radical (unpaired) electrons. The van der Waals surface area contributed by atoms with E-state index in [0.29, 0.717) is 0 Å². The van der Waals surface area contributed by atoms with Gasteiger partial charge in [0.25, 0.3) is 5.56 Å². The van der Waals surface area contributed by atoms with Crippen LogP contribution in [0.3, 0.4) is 0 Å². The van der Waals surface area contributed by atoms with E-state index < -0.39 is 46.6 Å². The van der Waals surface area contributed by atoms with Gasteiger partial charge in [-0.1, -0.05) is 23.2 Å². The van der Waals surface area contributed by atoms with E-state index in [1.54, 1.807) is 0 Å². The number of alkyl halides is 2. The lowest BCUT2D eigenvalue weighted by Gasteiger charge is -2.26. The molecule has 1 aromatic heterocycles. The maximum Gasteiger partial charge on any atom is 0.330 e. The van der Waals surface area contributed by atoms with Crippen LogP contribution in [0, 0.1) is 0 Å². The number of halogens is 2. The molecule has 1 aliphatic heterocycles. The van der Waals surface area contributed by atoms with E-state index in [1.165, 1.54) is 0 Å². The minimum atomic E-state index is -1.82. The quantitative estimate of drug-likeness (QED) is 0.569. The van der Waals surface area contributed by atoms with Gasteiger partial charge in [-0.2, -0.15) is 0 Å². The van der Waals surface area contributed by atoms with Crippen molar-refractivity contribution in [2.75, 3.05) is 6.61 Å². The highest BCUT2D eigenvalue weighted by molar-refractivity contribution is 6.49. The van der Waals surface area contributed by atoms with Crippen molar-refractivity contribution in [2.45, 2.75) is 29.7 Å². The summed E-state index contributed by atoms with van der Waals surface area (Å²) in [5.41, 5.74) is -1.39. The Hall–Kier alpha value is -1.35. The molecule has 0 aromatic carbocycles. The van der Waals surface area contributed by atoms with Crippen LogP contribution < -0.4 is 11.2 Å². The van der Waals surface area contributed by atoms with Gasteiger partial charge >= 0.3 is 11.7 Å². The molecule has 3 atom stereocenters. The lowest BCUT2D eigenvalue weighted by molar-refractivity contribution is -0.150. The van der Waals surface area contributed by atoms with Crippen molar-refractivity contribution in [3.63, 3.8) is 0 Å². The molecule has 0 unspecified atom stereocenters. The van der Waals surface area contributed by atoms with E-state index in [-0.39, 0.29) is 0 Å². The Balaban J connectivity index is 2.43. The maximum absolute atomic E-state index is 11.8. The zero-order valence-electron chi connectivity index (χ0n) is 10.8. The zero-order valence-corrected chi connectivity index (χ0v) is 12.3. The number of aromatic amines is 1. The summed E-state index contributed by atoms with van der Waals surface area (Å²) >= 11 is 12.3. The van der Waals surface area contributed by atoms with Gasteiger partial charge in [0.05, 0.1) is 6.61 Å². The Kier molecular flexibility index (Phi) is 4.43. The van der Waals surface area contributed by atoms with Crippen molar-refractivity contribution in [1.29, 1.82) is 0 Å². The van der Waals surface area contributed by atoms with Crippen molar-refractivity contribution in [1.82, 2.24) is 9.55 Å². The van der Waals surface area contributed by atoms with Crippen molar-refractivity contribution in [3.05, 3.63) is 33.1 Å². The molecule has 116 valence electrons. The number of H-pyrrole nitrogens is 1. The van der Waals surface area contributed by atoms with Crippen LogP contribution in [0.5, 0.6) is 0 Å². The molecular formula is C11H12Cl2N2O6. The van der Waals surface area contributed by atoms with E-state index >= 15 is 0 Å². The Morgan fingerprint density at radius 2 is 2.24 bits per heavy atom. The van der Waals surface area contributed by atoms with Gasteiger partial charge in [-0.3, -0.25) is 19.1 Å². The van der Waals surface area contributed by atoms with Crippen LogP contribution in [0.1, 0.15) is 13.2 Å². The molecule has 0 bridgehead atoms. The van der Waals surface area contributed by atoms with Gasteiger partial charge in [-0.05, 0) is 0 Å². The second-order valence-electron chi connectivity index (χ2n) is 4.43. The minimum Gasteiger partial charge on any atom is -0.456 e. The second kappa shape index (κ2) is 5.80. The number of carbonyl (C=O) groups excluding carboxylic acids is 1. The average Bonchev–Trinajstić information content (AvgIpc) is 2.61. The molecule has 2 N–H and O–H groups in total. The summed E-state index contributed by atoms with van der Waals surface area (Å²) < 4.78 is 9.50. The SMILES string of the molecule is CC(=O)O[C@@H]1[C@@H](CO)O[C@H](n2ccc(=O)[nH]c2=O)C1(Cl)Cl. The van der Waals surface area contributed by atoms with Crippen molar-refractivity contribution < 1.29 is 19.4 Å². The van der Waals surface area contributed by atoms with Crippen molar-refractivity contribution in [3.8, 4) is 0 Å². The first-order chi connectivity index (χ1) is 9.77. The standard InChI is InChI=1S/C11H12Cl2N2O6/c1-5(17)20-8-6(4-16)21-9(11(8,12)13)15-3-2-7(18)14-10(15)19/h2-3,6,8-9,16H,4H2,1H3,(H,14,18,19)/t6-,8-,9+/m1/s1. The van der Waals surface area contributed by atoms with Crippen molar-refractivity contribution >= 4 is 29.2 Å². The second-order valence-corrected chi connectivity index (χ2v) is 5.88. The third kappa shape index (κ3) is 2.98. The summed E-state index contributed by atoms with van der Waals surface area (Å²) in [4.78, 5) is 36.0. The number of ether oxygens (including phenoxy) is 2. The number of rotatable bonds is 3. The number of nitrogens with one attached hydrogen (secondary N) is 1. The van der Waals surface area contributed by atoms with Gasteiger partial charge in [0.1, 0.15) is 6.10 Å². The van der Waals surface area contributed by atoms with E-state index in [0.717, 1.165) is 23.8 Å². The Labute approximate surface area is 128 Å². The Morgan fingerprint density at radius 1 is 1.57 bits per heavy atom. The van der Waals surface area contributed by atoms with Gasteiger partial charge in [0.2, 0.25) is 4.33 Å². The maximum atomic E-state index is 11.8. The van der Waals surface area contributed by atoms with Crippen LogP contribution in [-0.4, -0.2) is 43.8 Å².